The summed E-state index contributed by atoms with van der Waals surface area (Å²) < 4.78 is 28.6. The lowest BCUT2D eigenvalue weighted by Gasteiger charge is -2.07. The number of nitrogens with zero attached hydrogens (tertiary/aromatic N) is 2. The van der Waals surface area contributed by atoms with Crippen molar-refractivity contribution in [2.24, 2.45) is 0 Å². The quantitative estimate of drug-likeness (QED) is 0.602. The summed E-state index contributed by atoms with van der Waals surface area (Å²) in [4.78, 5) is 29.6. The van der Waals surface area contributed by atoms with E-state index in [1.165, 1.54) is 23.0 Å². The number of aromatic nitrogens is 2. The smallest absolute Gasteiger partial charge is 0.266 e. The molecule has 2 aromatic carbocycles. The number of carbonyl (C=O) groups is 1. The first kappa shape index (κ1) is 15.8. The molecule has 2 heterocycles. The van der Waals surface area contributed by atoms with Crippen LogP contribution >= 0.6 is 0 Å². The van der Waals surface area contributed by atoms with Gasteiger partial charge in [0.25, 0.3) is 5.56 Å². The largest absolute Gasteiger partial charge is 0.285 e. The first-order chi connectivity index (χ1) is 12.0. The summed E-state index contributed by atoms with van der Waals surface area (Å²) in [5.41, 5.74) is 1.25. The van der Waals surface area contributed by atoms with Gasteiger partial charge in [-0.1, -0.05) is 6.07 Å². The monoisotopic (exact) mass is 357 g/mol. The van der Waals surface area contributed by atoms with Gasteiger partial charge < -0.3 is 0 Å². The first-order valence-electron chi connectivity index (χ1n) is 7.43. The fourth-order valence-electron chi connectivity index (χ4n) is 2.91. The average molecular weight is 357 g/mol. The van der Waals surface area contributed by atoms with Gasteiger partial charge in [-0.3, -0.25) is 14.2 Å². The van der Waals surface area contributed by atoms with E-state index >= 15 is 0 Å². The molecule has 1 aromatic heterocycles. The van der Waals surface area contributed by atoms with Crippen molar-refractivity contribution >= 4 is 27.7 Å². The maximum Gasteiger partial charge on any atom is 0.266 e. The molecule has 126 valence electrons. The Morgan fingerprint density at radius 2 is 2.00 bits per heavy atom. The topological polar surface area (TPSA) is 81.1 Å². The molecule has 0 aliphatic carbocycles. The summed E-state index contributed by atoms with van der Waals surface area (Å²) in [6.45, 7) is 0.346. The Balaban J connectivity index is 1.91. The predicted octanol–water partition coefficient (Wildman–Crippen LogP) is 1.45. The third kappa shape index (κ3) is 2.50. The van der Waals surface area contributed by atoms with Crippen LogP contribution in [0.3, 0.4) is 0 Å². The van der Waals surface area contributed by atoms with E-state index < -0.39 is 22.6 Å². The van der Waals surface area contributed by atoms with Crippen LogP contribution in [0.5, 0.6) is 0 Å². The van der Waals surface area contributed by atoms with Gasteiger partial charge in [0, 0.05) is 12.8 Å². The zero-order valence-electron chi connectivity index (χ0n) is 13.1. The van der Waals surface area contributed by atoms with Crippen LogP contribution in [0.15, 0.2) is 41.2 Å². The number of halogens is 1. The molecule has 0 spiro atoms. The van der Waals surface area contributed by atoms with Crippen LogP contribution in [0.2, 0.25) is 0 Å². The Hall–Kier alpha value is -2.71. The van der Waals surface area contributed by atoms with Crippen molar-refractivity contribution in [2.45, 2.75) is 6.54 Å². The van der Waals surface area contributed by atoms with Crippen LogP contribution in [-0.4, -0.2) is 25.8 Å². The first-order valence-corrected chi connectivity index (χ1v) is 8.99. The molecule has 8 heteroatoms. The van der Waals surface area contributed by atoms with Gasteiger partial charge in [0.1, 0.15) is 5.82 Å². The van der Waals surface area contributed by atoms with Crippen molar-refractivity contribution < 1.29 is 13.4 Å². The van der Waals surface area contributed by atoms with E-state index in [1.807, 2.05) is 0 Å². The van der Waals surface area contributed by atoms with Crippen molar-refractivity contribution in [1.29, 1.82) is 0 Å². The van der Waals surface area contributed by atoms with Crippen LogP contribution in [-0.2, 0) is 17.5 Å². The molecule has 6 nitrogen and oxygen atoms in total. The molecule has 0 saturated carbocycles. The van der Waals surface area contributed by atoms with E-state index in [0.29, 0.717) is 23.1 Å². The molecule has 1 N–H and O–H groups in total. The van der Waals surface area contributed by atoms with E-state index in [1.54, 1.807) is 18.2 Å². The Morgan fingerprint density at radius 1 is 1.20 bits per heavy atom. The highest BCUT2D eigenvalue weighted by molar-refractivity contribution is 7.82. The van der Waals surface area contributed by atoms with E-state index in [9.17, 15) is 18.2 Å². The summed E-state index contributed by atoms with van der Waals surface area (Å²) in [5.74, 6) is -1.05. The zero-order valence-corrected chi connectivity index (χ0v) is 13.9. The van der Waals surface area contributed by atoms with Crippen LogP contribution in [0.4, 0.5) is 4.39 Å². The molecule has 0 amide bonds. The lowest BCUT2D eigenvalue weighted by atomic mass is 10.1. The normalized spacial score (nSPS) is 13.8. The molecule has 0 saturated heterocycles. The summed E-state index contributed by atoms with van der Waals surface area (Å²) in [5, 5.41) is 0.357. The van der Waals surface area contributed by atoms with E-state index in [0.717, 1.165) is 11.6 Å². The fraction of sp³-hybridized carbons (Fsp3) is 0.118. The van der Waals surface area contributed by atoms with E-state index in [2.05, 4.69) is 9.71 Å². The molecule has 3 aromatic rings. The van der Waals surface area contributed by atoms with Crippen LogP contribution in [0.1, 0.15) is 21.7 Å². The van der Waals surface area contributed by atoms with Gasteiger partial charge >= 0.3 is 0 Å². The van der Waals surface area contributed by atoms with Crippen LogP contribution in [0, 0.1) is 5.82 Å². The minimum absolute atomic E-state index is 0.0257. The highest BCUT2D eigenvalue weighted by Crippen LogP contribution is 2.27. The number of nitrogens with one attached hydrogen (secondary N) is 1. The molecular formula is C17H12FN3O3S. The maximum absolute atomic E-state index is 13.4. The highest BCUT2D eigenvalue weighted by atomic mass is 32.2. The van der Waals surface area contributed by atoms with E-state index in [4.69, 9.17) is 0 Å². The Bertz CT molecular complexity index is 1140. The third-order valence-electron chi connectivity index (χ3n) is 4.06. The van der Waals surface area contributed by atoms with Gasteiger partial charge in [0.05, 0.1) is 33.1 Å². The van der Waals surface area contributed by atoms with E-state index in [-0.39, 0.29) is 16.9 Å². The Labute approximate surface area is 143 Å². The molecular weight excluding hydrogens is 345 g/mol. The SMILES string of the molecule is CS(=O)NCc1ccc2c(=O)n3c(nc2c1)C(=O)c1cc(F)ccc1-3. The van der Waals surface area contributed by atoms with Gasteiger partial charge in [0.15, 0.2) is 5.82 Å². The molecule has 0 radical (unpaired) electrons. The summed E-state index contributed by atoms with van der Waals surface area (Å²) in [6.07, 6.45) is 1.52. The number of carbonyl (C=O) groups excluding carboxylic acids is 1. The van der Waals surface area contributed by atoms with Gasteiger partial charge in [0.2, 0.25) is 5.78 Å². The summed E-state index contributed by atoms with van der Waals surface area (Å²) >= 11 is 0. The number of hydrogen-bond acceptors (Lipinski definition) is 4. The number of hydrogen-bond donors (Lipinski definition) is 1. The van der Waals surface area contributed by atoms with Crippen molar-refractivity contribution in [2.75, 3.05) is 6.26 Å². The lowest BCUT2D eigenvalue weighted by Crippen LogP contribution is -2.22. The average Bonchev–Trinajstić information content (AvgIpc) is 2.85. The van der Waals surface area contributed by atoms with Crippen molar-refractivity contribution in [3.8, 4) is 5.69 Å². The van der Waals surface area contributed by atoms with Gasteiger partial charge in [-0.25, -0.2) is 18.3 Å². The molecule has 0 fully saturated rings. The summed E-state index contributed by atoms with van der Waals surface area (Å²) in [7, 11) is -1.16. The van der Waals surface area contributed by atoms with Gasteiger partial charge in [-0.15, -0.1) is 0 Å². The fourth-order valence-corrected chi connectivity index (χ4v) is 3.28. The Morgan fingerprint density at radius 3 is 2.76 bits per heavy atom. The molecule has 25 heavy (non-hydrogen) atoms. The van der Waals surface area contributed by atoms with Crippen molar-refractivity contribution in [3.63, 3.8) is 0 Å². The molecule has 1 unspecified atom stereocenters. The minimum atomic E-state index is -1.16. The van der Waals surface area contributed by atoms with Crippen LogP contribution < -0.4 is 10.3 Å². The second-order valence-corrected chi connectivity index (χ2v) is 6.89. The molecule has 1 aliphatic heterocycles. The zero-order chi connectivity index (χ0) is 17.7. The lowest BCUT2D eigenvalue weighted by molar-refractivity contribution is 0.103. The summed E-state index contributed by atoms with van der Waals surface area (Å²) in [6, 6.07) is 8.76. The maximum atomic E-state index is 13.4. The predicted molar refractivity (Wildman–Crippen MR) is 91.6 cm³/mol. The number of benzene rings is 2. The van der Waals surface area contributed by atoms with Crippen molar-refractivity contribution in [1.82, 2.24) is 14.3 Å². The number of fused-ring (bicyclic) bond motifs is 4. The van der Waals surface area contributed by atoms with Gasteiger partial charge in [-0.2, -0.15) is 0 Å². The second kappa shape index (κ2) is 5.68. The Kier molecular flexibility index (Phi) is 3.59. The minimum Gasteiger partial charge on any atom is -0.285 e. The second-order valence-electron chi connectivity index (χ2n) is 5.69. The number of ketones is 1. The number of rotatable bonds is 3. The molecule has 4 rings (SSSR count). The van der Waals surface area contributed by atoms with Crippen molar-refractivity contribution in [3.05, 3.63) is 69.5 Å². The van der Waals surface area contributed by atoms with Crippen LogP contribution in [0.25, 0.3) is 16.6 Å². The molecule has 1 atom stereocenters. The highest BCUT2D eigenvalue weighted by Gasteiger charge is 2.30. The standard InChI is InChI=1S/C17H12FN3O3S/c1-25(24)19-8-9-2-4-11-13(6-9)20-16-15(22)12-7-10(18)3-5-14(12)21(16)17(11)23/h2-7,19H,8H2,1H3. The molecule has 0 bridgehead atoms. The van der Waals surface area contributed by atoms with Gasteiger partial charge in [-0.05, 0) is 35.9 Å². The molecule has 1 aliphatic rings. The third-order valence-corrected chi connectivity index (χ3v) is 4.61.